The van der Waals surface area contributed by atoms with Gasteiger partial charge in [-0.25, -0.2) is 0 Å². The largest absolute Gasteiger partial charge is 0.385 e. The minimum Gasteiger partial charge on any atom is -0.385 e. The normalized spacial score (nSPS) is 18.9. The zero-order valence-corrected chi connectivity index (χ0v) is 15.4. The summed E-state index contributed by atoms with van der Waals surface area (Å²) in [5, 5.41) is 3.39. The number of hydrogen-bond donors (Lipinski definition) is 1. The molecule has 4 nitrogen and oxygen atoms in total. The number of amides is 1. The summed E-state index contributed by atoms with van der Waals surface area (Å²) in [4.78, 5) is 17.1. The molecule has 0 saturated carbocycles. The lowest BCUT2D eigenvalue weighted by Gasteiger charge is -2.23. The molecule has 2 heterocycles. The summed E-state index contributed by atoms with van der Waals surface area (Å²) in [6.07, 6.45) is 4.04. The van der Waals surface area contributed by atoms with Gasteiger partial charge in [0.2, 0.25) is 5.91 Å². The fourth-order valence-electron chi connectivity index (χ4n) is 4.15. The lowest BCUT2D eigenvalue weighted by atomic mass is 10.1. The molecule has 2 aromatic rings. The summed E-state index contributed by atoms with van der Waals surface area (Å²) in [7, 11) is 0. The molecule has 0 spiro atoms. The molecule has 1 unspecified atom stereocenters. The van der Waals surface area contributed by atoms with Crippen LogP contribution in [0.4, 0.5) is 17.1 Å². The van der Waals surface area contributed by atoms with Crippen molar-refractivity contribution in [3.63, 3.8) is 0 Å². The van der Waals surface area contributed by atoms with Crippen LogP contribution in [-0.4, -0.2) is 31.6 Å². The molecule has 1 amide bonds. The van der Waals surface area contributed by atoms with Gasteiger partial charge in [0.15, 0.2) is 0 Å². The van der Waals surface area contributed by atoms with Gasteiger partial charge in [-0.05, 0) is 62.1 Å². The zero-order valence-electron chi connectivity index (χ0n) is 15.4. The number of nitrogens with one attached hydrogen (secondary N) is 1. The molecule has 2 aliphatic heterocycles. The van der Waals surface area contributed by atoms with Gasteiger partial charge in [0.1, 0.15) is 0 Å². The van der Waals surface area contributed by atoms with Gasteiger partial charge >= 0.3 is 0 Å². The highest BCUT2D eigenvalue weighted by molar-refractivity contribution is 5.96. The highest BCUT2D eigenvalue weighted by Gasteiger charge is 2.29. The number of rotatable bonds is 5. The number of anilines is 3. The number of carbonyl (C=O) groups is 1. The second-order valence-electron chi connectivity index (χ2n) is 7.36. The second kappa shape index (κ2) is 7.40. The van der Waals surface area contributed by atoms with Crippen molar-refractivity contribution in [3.8, 4) is 0 Å². The third-order valence-electron chi connectivity index (χ3n) is 5.48. The maximum absolute atomic E-state index is 12.7. The van der Waals surface area contributed by atoms with Gasteiger partial charge in [0.25, 0.3) is 0 Å². The van der Waals surface area contributed by atoms with E-state index in [1.54, 1.807) is 0 Å². The van der Waals surface area contributed by atoms with Crippen LogP contribution in [0.25, 0.3) is 0 Å². The number of para-hydroxylation sites is 1. The number of benzene rings is 2. The first-order valence-corrected chi connectivity index (χ1v) is 9.71. The van der Waals surface area contributed by atoms with Crippen LogP contribution in [0.1, 0.15) is 31.7 Å². The molecule has 2 aromatic carbocycles. The molecule has 136 valence electrons. The molecule has 0 aliphatic carbocycles. The molecule has 1 N–H and O–H groups in total. The Bertz CT molecular complexity index is 765. The van der Waals surface area contributed by atoms with Gasteiger partial charge < -0.3 is 15.1 Å². The molecule has 26 heavy (non-hydrogen) atoms. The van der Waals surface area contributed by atoms with E-state index in [1.165, 1.54) is 24.1 Å². The zero-order chi connectivity index (χ0) is 17.9. The monoisotopic (exact) mass is 349 g/mol. The average Bonchev–Trinajstić information content (AvgIpc) is 3.29. The lowest BCUT2D eigenvalue weighted by molar-refractivity contribution is -0.118. The Morgan fingerprint density at radius 3 is 2.58 bits per heavy atom. The van der Waals surface area contributed by atoms with Gasteiger partial charge in [-0.15, -0.1) is 0 Å². The Balaban J connectivity index is 1.31. The SMILES string of the molecule is CC1Cc2ccccc2N1C(=O)CCNc1ccc(N2CCCC2)cc1. The minimum absolute atomic E-state index is 0.198. The van der Waals surface area contributed by atoms with E-state index in [2.05, 4.69) is 53.5 Å². The molecule has 1 saturated heterocycles. The van der Waals surface area contributed by atoms with Crippen molar-refractivity contribution in [1.82, 2.24) is 0 Å². The Morgan fingerprint density at radius 2 is 1.81 bits per heavy atom. The lowest BCUT2D eigenvalue weighted by Crippen LogP contribution is -2.36. The number of carbonyl (C=O) groups excluding carboxylic acids is 1. The molecule has 0 bridgehead atoms. The molecule has 2 aliphatic rings. The molecular weight excluding hydrogens is 322 g/mol. The summed E-state index contributed by atoms with van der Waals surface area (Å²) in [5.74, 6) is 0.198. The van der Waals surface area contributed by atoms with E-state index in [-0.39, 0.29) is 11.9 Å². The van der Waals surface area contributed by atoms with Gasteiger partial charge in [-0.1, -0.05) is 18.2 Å². The highest BCUT2D eigenvalue weighted by atomic mass is 16.2. The first-order chi connectivity index (χ1) is 12.7. The van der Waals surface area contributed by atoms with E-state index in [0.717, 1.165) is 30.9 Å². The molecule has 4 heteroatoms. The van der Waals surface area contributed by atoms with Crippen LogP contribution in [0.3, 0.4) is 0 Å². The molecule has 4 rings (SSSR count). The average molecular weight is 349 g/mol. The van der Waals surface area contributed by atoms with Crippen molar-refractivity contribution in [2.45, 2.75) is 38.6 Å². The van der Waals surface area contributed by atoms with Crippen molar-refractivity contribution >= 4 is 23.0 Å². The molecular formula is C22H27N3O. The fraction of sp³-hybridized carbons (Fsp3) is 0.409. The summed E-state index contributed by atoms with van der Waals surface area (Å²) in [6.45, 7) is 5.11. The second-order valence-corrected chi connectivity index (χ2v) is 7.36. The van der Waals surface area contributed by atoms with Crippen LogP contribution >= 0.6 is 0 Å². The van der Waals surface area contributed by atoms with Gasteiger partial charge in [0, 0.05) is 49.2 Å². The Morgan fingerprint density at radius 1 is 1.08 bits per heavy atom. The predicted octanol–water partition coefficient (Wildman–Crippen LogP) is 4.07. The topological polar surface area (TPSA) is 35.6 Å². The smallest absolute Gasteiger partial charge is 0.229 e. The van der Waals surface area contributed by atoms with Crippen molar-refractivity contribution in [2.75, 3.05) is 34.8 Å². The van der Waals surface area contributed by atoms with Crippen LogP contribution in [0.2, 0.25) is 0 Å². The predicted molar refractivity (Wildman–Crippen MR) is 108 cm³/mol. The van der Waals surface area contributed by atoms with Gasteiger partial charge in [-0.3, -0.25) is 4.79 Å². The van der Waals surface area contributed by atoms with E-state index in [0.29, 0.717) is 13.0 Å². The third kappa shape index (κ3) is 3.41. The Hall–Kier alpha value is -2.49. The van der Waals surface area contributed by atoms with Crippen LogP contribution in [-0.2, 0) is 11.2 Å². The number of nitrogens with zero attached hydrogens (tertiary/aromatic N) is 2. The van der Waals surface area contributed by atoms with E-state index >= 15 is 0 Å². The first-order valence-electron chi connectivity index (χ1n) is 9.71. The van der Waals surface area contributed by atoms with E-state index < -0.39 is 0 Å². The minimum atomic E-state index is 0.198. The maximum Gasteiger partial charge on any atom is 0.229 e. The van der Waals surface area contributed by atoms with Crippen molar-refractivity contribution in [1.29, 1.82) is 0 Å². The van der Waals surface area contributed by atoms with Crippen LogP contribution in [0, 0.1) is 0 Å². The van der Waals surface area contributed by atoms with Crippen molar-refractivity contribution in [2.24, 2.45) is 0 Å². The van der Waals surface area contributed by atoms with Crippen molar-refractivity contribution < 1.29 is 4.79 Å². The van der Waals surface area contributed by atoms with Crippen molar-refractivity contribution in [3.05, 3.63) is 54.1 Å². The third-order valence-corrected chi connectivity index (χ3v) is 5.48. The standard InChI is InChI=1S/C22H27N3O/c1-17-16-18-6-2-3-7-21(18)25(17)22(26)12-13-23-19-8-10-20(11-9-19)24-14-4-5-15-24/h2-3,6-11,17,23H,4-5,12-16H2,1H3. The summed E-state index contributed by atoms with van der Waals surface area (Å²) < 4.78 is 0. The first kappa shape index (κ1) is 17.0. The van der Waals surface area contributed by atoms with E-state index in [4.69, 9.17) is 0 Å². The van der Waals surface area contributed by atoms with E-state index in [1.807, 2.05) is 17.0 Å². The molecule has 0 aromatic heterocycles. The van der Waals surface area contributed by atoms with Gasteiger partial charge in [-0.2, -0.15) is 0 Å². The van der Waals surface area contributed by atoms with Crippen LogP contribution in [0.15, 0.2) is 48.5 Å². The summed E-state index contributed by atoms with van der Waals surface area (Å²) in [5.41, 5.74) is 4.74. The quantitative estimate of drug-likeness (QED) is 0.884. The van der Waals surface area contributed by atoms with Crippen LogP contribution in [0.5, 0.6) is 0 Å². The number of fused-ring (bicyclic) bond motifs is 1. The molecule has 1 atom stereocenters. The fourth-order valence-corrected chi connectivity index (χ4v) is 4.15. The number of hydrogen-bond acceptors (Lipinski definition) is 3. The Labute approximate surface area is 155 Å². The Kier molecular flexibility index (Phi) is 4.83. The maximum atomic E-state index is 12.7. The summed E-state index contributed by atoms with van der Waals surface area (Å²) in [6, 6.07) is 17.1. The molecule has 1 fully saturated rings. The van der Waals surface area contributed by atoms with Gasteiger partial charge in [0.05, 0.1) is 0 Å². The molecule has 0 radical (unpaired) electrons. The summed E-state index contributed by atoms with van der Waals surface area (Å²) >= 11 is 0. The van der Waals surface area contributed by atoms with Crippen LogP contribution < -0.4 is 15.1 Å². The highest BCUT2D eigenvalue weighted by Crippen LogP contribution is 2.32. The van der Waals surface area contributed by atoms with E-state index in [9.17, 15) is 4.79 Å².